The van der Waals surface area contributed by atoms with Crippen LogP contribution in [0.15, 0.2) is 60.8 Å². The molecule has 0 aliphatic carbocycles. The Morgan fingerprint density at radius 3 is 2.33 bits per heavy atom. The van der Waals surface area contributed by atoms with Gasteiger partial charge in [-0.15, -0.1) is 0 Å². The summed E-state index contributed by atoms with van der Waals surface area (Å²) in [5.41, 5.74) is 0. The maximum atomic E-state index is 10.3. The second-order valence-electron chi connectivity index (χ2n) is 5.77. The number of aliphatic carboxylic acids is 1. The van der Waals surface area contributed by atoms with Gasteiger partial charge in [0.2, 0.25) is 0 Å². The van der Waals surface area contributed by atoms with Crippen molar-refractivity contribution in [2.24, 2.45) is 0 Å². The predicted octanol–water partition coefficient (Wildman–Crippen LogP) is 2.91. The van der Waals surface area contributed by atoms with Crippen molar-refractivity contribution in [3.63, 3.8) is 0 Å². The average molecular weight is 374 g/mol. The van der Waals surface area contributed by atoms with Crippen molar-refractivity contribution >= 4 is 5.97 Å². The van der Waals surface area contributed by atoms with Crippen molar-refractivity contribution in [2.45, 2.75) is 57.3 Å². The normalized spacial score (nSPS) is 15.7. The molecule has 3 atom stereocenters. The van der Waals surface area contributed by atoms with Crippen molar-refractivity contribution in [3.05, 3.63) is 60.8 Å². The lowest BCUT2D eigenvalue weighted by Crippen LogP contribution is -2.22. The van der Waals surface area contributed by atoms with Gasteiger partial charge in [-0.2, -0.15) is 0 Å². The lowest BCUT2D eigenvalue weighted by Gasteiger charge is -2.11. The van der Waals surface area contributed by atoms with Gasteiger partial charge in [-0.25, -0.2) is 0 Å². The van der Waals surface area contributed by atoms with E-state index in [0.717, 1.165) is 6.42 Å². The standard InChI is InChI=1S/C22H30O5/c1-2-3-9-16-20(24)21(25)17-12-7-5-4-6-10-14-19(23)15-11-8-13-18-22(26)27/h3,5,7-12,14,17,19-21,23-25H,2,13,15-16,18H2,1H3,(H,26,27)/b7-5+,9-3-,11-8-,14-10+,17-12+/t19-,20+,21-/m1/s1. The Morgan fingerprint density at radius 1 is 0.926 bits per heavy atom. The summed E-state index contributed by atoms with van der Waals surface area (Å²) in [5, 5.41) is 37.6. The lowest BCUT2D eigenvalue weighted by molar-refractivity contribution is -0.136. The highest BCUT2D eigenvalue weighted by Crippen LogP contribution is 2.02. The summed E-state index contributed by atoms with van der Waals surface area (Å²) in [7, 11) is 0. The number of aliphatic hydroxyl groups excluding tert-OH is 3. The predicted molar refractivity (Wildman–Crippen MR) is 108 cm³/mol. The molecule has 0 rings (SSSR count). The molecule has 0 amide bonds. The molecule has 0 aromatic heterocycles. The molecule has 0 saturated heterocycles. The molecule has 5 nitrogen and oxygen atoms in total. The third-order valence-corrected chi connectivity index (χ3v) is 3.33. The molecule has 0 aromatic carbocycles. The van der Waals surface area contributed by atoms with Gasteiger partial charge in [0.15, 0.2) is 0 Å². The van der Waals surface area contributed by atoms with E-state index < -0.39 is 24.3 Å². The highest BCUT2D eigenvalue weighted by Gasteiger charge is 2.10. The van der Waals surface area contributed by atoms with Gasteiger partial charge in [0.05, 0.1) is 18.3 Å². The summed E-state index contributed by atoms with van der Waals surface area (Å²) in [6.45, 7) is 2.00. The molecule has 148 valence electrons. The minimum atomic E-state index is -0.928. The molecule has 0 aliphatic heterocycles. The van der Waals surface area contributed by atoms with E-state index in [1.807, 2.05) is 19.1 Å². The van der Waals surface area contributed by atoms with E-state index in [9.17, 15) is 20.1 Å². The molecular weight excluding hydrogens is 344 g/mol. The second-order valence-corrected chi connectivity index (χ2v) is 5.77. The molecule has 0 spiro atoms. The van der Waals surface area contributed by atoms with Gasteiger partial charge in [-0.1, -0.05) is 61.3 Å². The first-order valence-electron chi connectivity index (χ1n) is 9.04. The van der Waals surface area contributed by atoms with E-state index in [1.165, 1.54) is 6.08 Å². The number of allylic oxidation sites excluding steroid dienone is 6. The molecule has 0 aromatic rings. The maximum absolute atomic E-state index is 10.3. The largest absolute Gasteiger partial charge is 0.481 e. The van der Waals surface area contributed by atoms with Crippen LogP contribution < -0.4 is 0 Å². The Kier molecular flexibility index (Phi) is 15.5. The smallest absolute Gasteiger partial charge is 0.303 e. The summed E-state index contributed by atoms with van der Waals surface area (Å²) in [4.78, 5) is 10.3. The van der Waals surface area contributed by atoms with Crippen LogP contribution in [0.25, 0.3) is 0 Å². The van der Waals surface area contributed by atoms with Gasteiger partial charge in [-0.05, 0) is 43.9 Å². The van der Waals surface area contributed by atoms with Gasteiger partial charge in [0.1, 0.15) is 0 Å². The Labute approximate surface area is 161 Å². The average Bonchev–Trinajstić information content (AvgIpc) is 2.63. The van der Waals surface area contributed by atoms with Crippen molar-refractivity contribution < 1.29 is 25.2 Å². The molecule has 0 unspecified atom stereocenters. The molecule has 0 saturated carbocycles. The molecule has 0 bridgehead atoms. The fourth-order valence-electron chi connectivity index (χ4n) is 1.85. The monoisotopic (exact) mass is 374 g/mol. The number of rotatable bonds is 12. The molecule has 0 heterocycles. The minimum Gasteiger partial charge on any atom is -0.481 e. The van der Waals surface area contributed by atoms with E-state index in [0.29, 0.717) is 19.3 Å². The van der Waals surface area contributed by atoms with E-state index in [4.69, 9.17) is 5.11 Å². The second kappa shape index (κ2) is 17.0. The molecule has 4 N–H and O–H groups in total. The van der Waals surface area contributed by atoms with E-state index in [1.54, 1.807) is 42.5 Å². The van der Waals surface area contributed by atoms with Crippen LogP contribution in [0.5, 0.6) is 0 Å². The number of carboxylic acid groups (broad SMARTS) is 1. The van der Waals surface area contributed by atoms with Gasteiger partial charge in [0.25, 0.3) is 0 Å². The summed E-state index contributed by atoms with van der Waals surface area (Å²) >= 11 is 0. The number of carboxylic acids is 1. The molecule has 5 heteroatoms. The van der Waals surface area contributed by atoms with Gasteiger partial charge in [-0.3, -0.25) is 4.79 Å². The van der Waals surface area contributed by atoms with Gasteiger partial charge in [0, 0.05) is 6.42 Å². The first-order chi connectivity index (χ1) is 13.0. The van der Waals surface area contributed by atoms with Crippen LogP contribution >= 0.6 is 0 Å². The van der Waals surface area contributed by atoms with E-state index in [-0.39, 0.29) is 6.42 Å². The zero-order chi connectivity index (χ0) is 20.3. The third kappa shape index (κ3) is 16.8. The molecule has 27 heavy (non-hydrogen) atoms. The Balaban J connectivity index is 4.09. The maximum Gasteiger partial charge on any atom is 0.303 e. The minimum absolute atomic E-state index is 0.0839. The zero-order valence-electron chi connectivity index (χ0n) is 15.7. The van der Waals surface area contributed by atoms with Crippen LogP contribution in [0.4, 0.5) is 0 Å². The topological polar surface area (TPSA) is 98.0 Å². The lowest BCUT2D eigenvalue weighted by atomic mass is 10.1. The quantitative estimate of drug-likeness (QED) is 0.239. The Hall–Kier alpha value is -2.39. The number of hydrogen-bond donors (Lipinski definition) is 4. The van der Waals surface area contributed by atoms with E-state index >= 15 is 0 Å². The fourth-order valence-corrected chi connectivity index (χ4v) is 1.85. The number of aliphatic hydroxyl groups is 3. The van der Waals surface area contributed by atoms with E-state index in [2.05, 4.69) is 11.8 Å². The van der Waals surface area contributed by atoms with Gasteiger partial charge < -0.3 is 20.4 Å². The number of carbonyl (C=O) groups is 1. The van der Waals surface area contributed by atoms with Crippen LogP contribution in [0.3, 0.4) is 0 Å². The van der Waals surface area contributed by atoms with Crippen molar-refractivity contribution in [2.75, 3.05) is 0 Å². The SMILES string of the molecule is CC/C=C\C[C@H](O)[C@H](O)/C=C/C=C/C#C/C=C/[C@@H](O)C/C=C\CCC(=O)O. The molecule has 0 radical (unpaired) electrons. The van der Waals surface area contributed by atoms with Crippen LogP contribution in [-0.4, -0.2) is 44.7 Å². The first-order valence-corrected chi connectivity index (χ1v) is 9.04. The zero-order valence-corrected chi connectivity index (χ0v) is 15.7. The van der Waals surface area contributed by atoms with Gasteiger partial charge >= 0.3 is 5.97 Å². The Bertz CT molecular complexity index is 602. The number of hydrogen-bond acceptors (Lipinski definition) is 4. The summed E-state index contributed by atoms with van der Waals surface area (Å²) in [6.07, 6.45) is 16.5. The Morgan fingerprint density at radius 2 is 1.63 bits per heavy atom. The van der Waals surface area contributed by atoms with Crippen molar-refractivity contribution in [3.8, 4) is 11.8 Å². The third-order valence-electron chi connectivity index (χ3n) is 3.33. The molecule has 0 aliphatic rings. The fraction of sp³-hybridized carbons (Fsp3) is 0.409. The highest BCUT2D eigenvalue weighted by molar-refractivity contribution is 5.66. The van der Waals surface area contributed by atoms with Crippen molar-refractivity contribution in [1.29, 1.82) is 0 Å². The van der Waals surface area contributed by atoms with Crippen molar-refractivity contribution in [1.82, 2.24) is 0 Å². The van der Waals surface area contributed by atoms with Crippen LogP contribution in [0.1, 0.15) is 39.0 Å². The summed E-state index contributed by atoms with van der Waals surface area (Å²) < 4.78 is 0. The highest BCUT2D eigenvalue weighted by atomic mass is 16.4. The van der Waals surface area contributed by atoms with Crippen LogP contribution in [0, 0.1) is 11.8 Å². The first kappa shape index (κ1) is 24.6. The summed E-state index contributed by atoms with van der Waals surface area (Å²) in [5.74, 6) is 4.66. The summed E-state index contributed by atoms with van der Waals surface area (Å²) in [6, 6.07) is 0. The molecule has 0 fully saturated rings. The molecular formula is C22H30O5. The van der Waals surface area contributed by atoms with Crippen LogP contribution in [0.2, 0.25) is 0 Å². The van der Waals surface area contributed by atoms with Crippen LogP contribution in [-0.2, 0) is 4.79 Å².